The maximum Gasteiger partial charge on any atom is 1.00 e. The molecule has 0 aliphatic heterocycles. The molecule has 0 atom stereocenters. The molecule has 0 saturated heterocycles. The van der Waals surface area contributed by atoms with E-state index in [9.17, 15) is 34.5 Å². The average molecular weight is 1030 g/mol. The van der Waals surface area contributed by atoms with E-state index >= 15 is 0 Å². The van der Waals surface area contributed by atoms with Crippen molar-refractivity contribution in [1.82, 2.24) is 0 Å². The second kappa shape index (κ2) is 38.2. The van der Waals surface area contributed by atoms with Crippen molar-refractivity contribution in [3.8, 4) is 70.7 Å². The van der Waals surface area contributed by atoms with Gasteiger partial charge in [-0.15, -0.1) is 12.8 Å². The number of ketones is 4. The van der Waals surface area contributed by atoms with Gasteiger partial charge in [0.05, 0.1) is 46.6 Å². The van der Waals surface area contributed by atoms with Crippen molar-refractivity contribution in [2.75, 3.05) is 40.4 Å². The normalized spacial score (nSPS) is 9.85. The fraction of sp³-hybridized carbons (Fsp3) is 0.163. The van der Waals surface area contributed by atoms with Gasteiger partial charge in [0.2, 0.25) is 0 Å². The molecule has 4 aromatic carbocycles. The molecule has 0 aliphatic rings. The van der Waals surface area contributed by atoms with Gasteiger partial charge in [0, 0.05) is 0 Å². The maximum atomic E-state index is 12.1. The number of carbonyl (C=O) groups excluding carboxylic acids is 5. The standard InChI is InChI=1S/C24H22O6.C21H20O6.C3H3Br.CH2O3.2K.H/c1-4-13-30-22-12-8-18(15-24(22)29-3)6-10-20(26)16-19(25)9-5-17-7-11-21(27)23(14-17)28-2;1-26-20-11-14(5-9-18(20)24)3-7-16(22)13-17(23)8-4-15-6-10-19(25)21(12-15)27-2;1-2-3-4;2-1-4-3;;;/h1,5-12,14-15,27H,13,16H2,2-3H3;3-12,24-25H,13H2,1-2H3;1H,3H2;1,3H;;;/q;;;;2*+1;-1/p-1/b9-5-,10-6-;7-3-,8-4-;;;;;. The Balaban J connectivity index is -0.00000104. The van der Waals surface area contributed by atoms with E-state index in [0.29, 0.717) is 56.3 Å². The Kier molecular flexibility index (Phi) is 36.7. The molecule has 4 aromatic rings. The smallest absolute Gasteiger partial charge is 1.00 e. The molecule has 0 spiro atoms. The summed E-state index contributed by atoms with van der Waals surface area (Å²) in [6, 6.07) is 19.2. The Morgan fingerprint density at radius 3 is 1.10 bits per heavy atom. The number of aromatic hydroxyl groups is 3. The van der Waals surface area contributed by atoms with E-state index < -0.39 is 0 Å². The first-order valence-corrected chi connectivity index (χ1v) is 19.7. The molecule has 0 bridgehead atoms. The summed E-state index contributed by atoms with van der Waals surface area (Å²) in [4.78, 5) is 59.2. The van der Waals surface area contributed by atoms with E-state index in [-0.39, 0.29) is 170 Å². The van der Waals surface area contributed by atoms with Gasteiger partial charge in [-0.3, -0.25) is 24.0 Å². The van der Waals surface area contributed by atoms with Crippen LogP contribution in [0.2, 0.25) is 0 Å². The van der Waals surface area contributed by atoms with Gasteiger partial charge in [0.25, 0.3) is 6.47 Å². The minimum absolute atomic E-state index is 0. The van der Waals surface area contributed by atoms with E-state index in [2.05, 4.69) is 32.7 Å². The van der Waals surface area contributed by atoms with Crippen LogP contribution in [0.25, 0.3) is 24.3 Å². The van der Waals surface area contributed by atoms with Gasteiger partial charge < -0.3 is 50.6 Å². The summed E-state index contributed by atoms with van der Waals surface area (Å²) in [7, 11) is 5.81. The van der Waals surface area contributed by atoms with Gasteiger partial charge in [-0.2, -0.15) is 0 Å². The number of benzene rings is 4. The molecule has 4 rings (SSSR count). The average Bonchev–Trinajstić information content (AvgIpc) is 3.32. The summed E-state index contributed by atoms with van der Waals surface area (Å²) in [5.74, 6) is 5.27. The Hall–Kier alpha value is -4.78. The summed E-state index contributed by atoms with van der Waals surface area (Å²) in [6.07, 6.45) is 20.9. The SMILES string of the molecule is C#CCBr.C#CCOc1ccc(/C=C\C(=O)CC(=O)/C=C\c2ccc(O)c(OC)c2)cc1OC.COc1cc(/C=C\C(=O)CC(=O)/C=C\c2ccc(O)c(OC)c2)ccc1O.O=CO[O-].[H-].[K+].[K+]. The van der Waals surface area contributed by atoms with Crippen molar-refractivity contribution in [2.45, 2.75) is 12.8 Å². The molecule has 0 fully saturated rings. The number of rotatable bonds is 19. The number of phenols is 3. The predicted octanol–water partition coefficient (Wildman–Crippen LogP) is 0.616. The number of allylic oxidation sites excluding steroid dienone is 4. The van der Waals surface area contributed by atoms with E-state index in [0.717, 1.165) is 0 Å². The predicted molar refractivity (Wildman–Crippen MR) is 248 cm³/mol. The number of alkyl halides is 1. The third kappa shape index (κ3) is 27.0. The molecule has 0 saturated carbocycles. The second-order valence-electron chi connectivity index (χ2n) is 12.3. The third-order valence-electron chi connectivity index (χ3n) is 7.77. The van der Waals surface area contributed by atoms with Crippen molar-refractivity contribution < 1.29 is 177 Å². The molecule has 0 amide bonds. The molecule has 15 nitrogen and oxygen atoms in total. The number of ether oxygens (including phenoxy) is 5. The molecular formula is C49H47BrK2O15. The van der Waals surface area contributed by atoms with Gasteiger partial charge in [-0.1, -0.05) is 76.3 Å². The zero-order chi connectivity index (χ0) is 48.6. The van der Waals surface area contributed by atoms with E-state index in [4.69, 9.17) is 46.6 Å². The summed E-state index contributed by atoms with van der Waals surface area (Å²) in [5, 5.41) is 37.8. The quantitative estimate of drug-likeness (QED) is 0.0171. The number of phenolic OH excluding ortho intramolecular Hbond substituents is 3. The molecule has 342 valence electrons. The Morgan fingerprint density at radius 1 is 0.567 bits per heavy atom. The molecule has 3 N–H and O–H groups in total. The minimum atomic E-state index is -0.347. The van der Waals surface area contributed by atoms with Gasteiger partial charge in [-0.05, 0) is 95.1 Å². The van der Waals surface area contributed by atoms with Crippen LogP contribution in [-0.4, -0.2) is 85.3 Å². The topological polar surface area (TPSA) is 224 Å². The van der Waals surface area contributed by atoms with E-state index in [1.54, 1.807) is 78.9 Å². The van der Waals surface area contributed by atoms with Crippen molar-refractivity contribution in [2.24, 2.45) is 0 Å². The van der Waals surface area contributed by atoms with Crippen molar-refractivity contribution in [3.05, 3.63) is 119 Å². The molecule has 67 heavy (non-hydrogen) atoms. The summed E-state index contributed by atoms with van der Waals surface area (Å²) >= 11 is 3.01. The van der Waals surface area contributed by atoms with Crippen LogP contribution < -0.4 is 132 Å². The fourth-order valence-corrected chi connectivity index (χ4v) is 4.76. The third-order valence-corrected chi connectivity index (χ3v) is 8.09. The molecular weight excluding hydrogens is 987 g/mol. The van der Waals surface area contributed by atoms with E-state index in [1.165, 1.54) is 70.9 Å². The van der Waals surface area contributed by atoms with Crippen LogP contribution in [0.1, 0.15) is 36.5 Å². The Morgan fingerprint density at radius 2 is 0.851 bits per heavy atom. The molecule has 0 unspecified atom stereocenters. The van der Waals surface area contributed by atoms with Crippen LogP contribution in [0.3, 0.4) is 0 Å². The van der Waals surface area contributed by atoms with Crippen LogP contribution in [0, 0.1) is 24.7 Å². The minimum Gasteiger partial charge on any atom is -1.00 e. The summed E-state index contributed by atoms with van der Waals surface area (Å²) < 4.78 is 25.6. The first kappa shape index (κ1) is 64.3. The maximum absolute atomic E-state index is 12.1. The van der Waals surface area contributed by atoms with Crippen molar-refractivity contribution >= 4 is 69.8 Å². The van der Waals surface area contributed by atoms with Crippen LogP contribution in [-0.2, 0) is 28.9 Å². The number of terminal acetylenes is 2. The Bertz CT molecular complexity index is 2360. The largest absolute Gasteiger partial charge is 1.00 e. The molecule has 18 heteroatoms. The van der Waals surface area contributed by atoms with Gasteiger partial charge >= 0.3 is 103 Å². The van der Waals surface area contributed by atoms with Gasteiger partial charge in [-0.25, -0.2) is 0 Å². The zero-order valence-electron chi connectivity index (χ0n) is 38.7. The fourth-order valence-electron chi connectivity index (χ4n) is 4.76. The van der Waals surface area contributed by atoms with Crippen LogP contribution >= 0.6 is 15.9 Å². The summed E-state index contributed by atoms with van der Waals surface area (Å²) in [6.45, 7) is -0.0589. The number of hydrogen-bond acceptors (Lipinski definition) is 15. The van der Waals surface area contributed by atoms with Crippen molar-refractivity contribution in [3.63, 3.8) is 0 Å². The monoisotopic (exact) mass is 1030 g/mol. The number of hydrogen-bond donors (Lipinski definition) is 3. The molecule has 0 aliphatic carbocycles. The zero-order valence-corrected chi connectivity index (χ0v) is 45.6. The number of methoxy groups -OCH3 is 4. The summed E-state index contributed by atoms with van der Waals surface area (Å²) in [5.41, 5.74) is 2.71. The Labute approximate surface area is 484 Å². The van der Waals surface area contributed by atoms with Gasteiger partial charge in [0.1, 0.15) is 6.61 Å². The second-order valence-corrected chi connectivity index (χ2v) is 12.8. The molecule has 0 heterocycles. The first-order valence-electron chi connectivity index (χ1n) is 18.6. The van der Waals surface area contributed by atoms with Gasteiger partial charge in [0.15, 0.2) is 69.1 Å². The molecule has 0 radical (unpaired) electrons. The number of halogens is 1. The van der Waals surface area contributed by atoms with E-state index in [1.807, 2.05) is 0 Å². The first-order chi connectivity index (χ1) is 31.2. The van der Waals surface area contributed by atoms with Crippen LogP contribution in [0.15, 0.2) is 97.1 Å². The molecule has 0 aromatic heterocycles. The number of carbonyl (C=O) groups is 5. The van der Waals surface area contributed by atoms with Crippen LogP contribution in [0.4, 0.5) is 0 Å². The van der Waals surface area contributed by atoms with Crippen molar-refractivity contribution in [1.29, 1.82) is 0 Å². The van der Waals surface area contributed by atoms with Crippen LogP contribution in [0.5, 0.6) is 46.0 Å².